The molecule has 0 spiro atoms. The summed E-state index contributed by atoms with van der Waals surface area (Å²) in [6.07, 6.45) is 5.53. The van der Waals surface area contributed by atoms with Gasteiger partial charge in [0.15, 0.2) is 0 Å². The highest BCUT2D eigenvalue weighted by Crippen LogP contribution is 2.23. The average molecular weight is 482 g/mol. The second-order valence-electron chi connectivity index (χ2n) is 8.34. The van der Waals surface area contributed by atoms with Gasteiger partial charge < -0.3 is 9.47 Å². The van der Waals surface area contributed by atoms with E-state index >= 15 is 0 Å². The van der Waals surface area contributed by atoms with Crippen molar-refractivity contribution in [1.29, 1.82) is 0 Å². The second-order valence-corrected chi connectivity index (χ2v) is 8.34. The molecule has 3 aromatic rings. The Hall–Kier alpha value is -4.24. The SMILES string of the molecule is C=C(C)C(=O)OCCCCCCOc1ccc(/N=N/c2ccc(C#Cc3ccccn3)c(C)c2)cc1. The van der Waals surface area contributed by atoms with Crippen LogP contribution in [0.15, 0.2) is 89.2 Å². The lowest BCUT2D eigenvalue weighted by Crippen LogP contribution is -2.06. The van der Waals surface area contributed by atoms with E-state index in [-0.39, 0.29) is 5.97 Å². The maximum absolute atomic E-state index is 11.3. The van der Waals surface area contributed by atoms with Gasteiger partial charge in [0.05, 0.1) is 24.6 Å². The number of rotatable bonds is 11. The summed E-state index contributed by atoms with van der Waals surface area (Å²) in [5, 5.41) is 8.67. The number of hydrogen-bond donors (Lipinski definition) is 0. The van der Waals surface area contributed by atoms with Crippen LogP contribution < -0.4 is 4.74 Å². The molecule has 0 bridgehead atoms. The number of ether oxygens (including phenoxy) is 2. The van der Waals surface area contributed by atoms with E-state index in [0.29, 0.717) is 18.8 Å². The minimum absolute atomic E-state index is 0.323. The summed E-state index contributed by atoms with van der Waals surface area (Å²) in [6, 6.07) is 19.1. The van der Waals surface area contributed by atoms with Gasteiger partial charge in [-0.05, 0) is 106 Å². The zero-order valence-corrected chi connectivity index (χ0v) is 20.9. The number of nitrogens with zero attached hydrogens (tertiary/aromatic N) is 3. The normalized spacial score (nSPS) is 10.5. The molecule has 2 aromatic carbocycles. The third-order valence-electron chi connectivity index (χ3n) is 5.21. The summed E-state index contributed by atoms with van der Waals surface area (Å²) < 4.78 is 10.9. The molecule has 184 valence electrons. The van der Waals surface area contributed by atoms with Crippen molar-refractivity contribution in [2.45, 2.75) is 39.5 Å². The lowest BCUT2D eigenvalue weighted by molar-refractivity contribution is -0.139. The maximum atomic E-state index is 11.3. The number of azo groups is 1. The van der Waals surface area contributed by atoms with Gasteiger partial charge in [0, 0.05) is 17.3 Å². The Morgan fingerprint density at radius 2 is 1.64 bits per heavy atom. The van der Waals surface area contributed by atoms with Crippen LogP contribution in [0, 0.1) is 18.8 Å². The fourth-order valence-corrected chi connectivity index (χ4v) is 3.18. The number of pyridine rings is 1. The van der Waals surface area contributed by atoms with Crippen molar-refractivity contribution in [3.63, 3.8) is 0 Å². The van der Waals surface area contributed by atoms with Gasteiger partial charge in [0.2, 0.25) is 0 Å². The summed E-state index contributed by atoms with van der Waals surface area (Å²) in [5.41, 5.74) is 4.67. The maximum Gasteiger partial charge on any atom is 0.333 e. The molecule has 0 radical (unpaired) electrons. The van der Waals surface area contributed by atoms with Gasteiger partial charge in [-0.2, -0.15) is 10.2 Å². The topological polar surface area (TPSA) is 73.1 Å². The number of hydrogen-bond acceptors (Lipinski definition) is 6. The van der Waals surface area contributed by atoms with Crippen LogP contribution in [0.5, 0.6) is 5.75 Å². The highest BCUT2D eigenvalue weighted by atomic mass is 16.5. The van der Waals surface area contributed by atoms with Gasteiger partial charge in [-0.1, -0.05) is 18.6 Å². The Morgan fingerprint density at radius 1 is 0.917 bits per heavy atom. The number of aryl methyl sites for hydroxylation is 1. The molecule has 6 heteroatoms. The third kappa shape index (κ3) is 9.19. The summed E-state index contributed by atoms with van der Waals surface area (Å²) in [7, 11) is 0. The molecule has 0 atom stereocenters. The van der Waals surface area contributed by atoms with Crippen molar-refractivity contribution < 1.29 is 14.3 Å². The molecule has 6 nitrogen and oxygen atoms in total. The highest BCUT2D eigenvalue weighted by molar-refractivity contribution is 5.86. The largest absolute Gasteiger partial charge is 0.494 e. The number of carbonyl (C=O) groups excluding carboxylic acids is 1. The molecule has 3 rings (SSSR count). The van der Waals surface area contributed by atoms with Gasteiger partial charge in [-0.25, -0.2) is 9.78 Å². The lowest BCUT2D eigenvalue weighted by atomic mass is 10.1. The molecule has 0 amide bonds. The van der Waals surface area contributed by atoms with Crippen LogP contribution in [0.4, 0.5) is 11.4 Å². The van der Waals surface area contributed by atoms with E-state index in [2.05, 4.69) is 33.6 Å². The Kier molecular flexibility index (Phi) is 10.4. The molecular weight excluding hydrogens is 450 g/mol. The Balaban J connectivity index is 1.39. The van der Waals surface area contributed by atoms with Gasteiger partial charge in [-0.3, -0.25) is 0 Å². The number of aromatic nitrogens is 1. The van der Waals surface area contributed by atoms with Crippen molar-refractivity contribution >= 4 is 17.3 Å². The summed E-state index contributed by atoms with van der Waals surface area (Å²) in [5.74, 6) is 6.71. The van der Waals surface area contributed by atoms with Crippen molar-refractivity contribution in [3.8, 4) is 17.6 Å². The smallest absolute Gasteiger partial charge is 0.333 e. The fraction of sp³-hybridized carbons (Fsp3) is 0.267. The number of carbonyl (C=O) groups is 1. The molecule has 0 aliphatic rings. The van der Waals surface area contributed by atoms with Crippen molar-refractivity contribution in [3.05, 3.63) is 95.8 Å². The molecule has 0 saturated heterocycles. The minimum Gasteiger partial charge on any atom is -0.494 e. The van der Waals surface area contributed by atoms with Crippen LogP contribution in [0.25, 0.3) is 0 Å². The number of esters is 1. The average Bonchev–Trinajstić information content (AvgIpc) is 2.89. The zero-order chi connectivity index (χ0) is 25.6. The summed E-state index contributed by atoms with van der Waals surface area (Å²) in [6.45, 7) is 8.30. The van der Waals surface area contributed by atoms with Gasteiger partial charge in [0.1, 0.15) is 11.4 Å². The van der Waals surface area contributed by atoms with E-state index in [1.807, 2.05) is 67.6 Å². The number of unbranched alkanes of at least 4 members (excludes halogenated alkanes) is 3. The molecule has 0 aliphatic carbocycles. The molecule has 0 unspecified atom stereocenters. The quantitative estimate of drug-likeness (QED) is 0.0949. The minimum atomic E-state index is -0.323. The molecule has 36 heavy (non-hydrogen) atoms. The van der Waals surface area contributed by atoms with Gasteiger partial charge in [-0.15, -0.1) is 0 Å². The summed E-state index contributed by atoms with van der Waals surface area (Å²) in [4.78, 5) is 15.5. The first kappa shape index (κ1) is 26.4. The van der Waals surface area contributed by atoms with E-state index in [4.69, 9.17) is 9.47 Å². The molecule has 0 aliphatic heterocycles. The molecule has 0 N–H and O–H groups in total. The van der Waals surface area contributed by atoms with Crippen molar-refractivity contribution in [1.82, 2.24) is 4.98 Å². The van der Waals surface area contributed by atoms with Gasteiger partial charge >= 0.3 is 5.97 Å². The lowest BCUT2D eigenvalue weighted by Gasteiger charge is -2.07. The standard InChI is InChI=1S/C30H31N3O3/c1-23(2)30(34)36-21-9-5-4-8-20-35-29-17-15-27(16-18-29)32-33-28-14-12-25(24(3)22-28)11-13-26-10-6-7-19-31-26/h6-7,10,12,14-19,22H,1,4-5,8-9,20-21H2,2-3H3/b33-32+. The van der Waals surface area contributed by atoms with E-state index in [9.17, 15) is 4.79 Å². The zero-order valence-electron chi connectivity index (χ0n) is 20.9. The van der Waals surface area contributed by atoms with Gasteiger partial charge in [0.25, 0.3) is 0 Å². The number of benzene rings is 2. The monoisotopic (exact) mass is 481 g/mol. The van der Waals surface area contributed by atoms with Crippen LogP contribution in [0.2, 0.25) is 0 Å². The Bertz CT molecular complexity index is 1240. The van der Waals surface area contributed by atoms with Crippen molar-refractivity contribution in [2.75, 3.05) is 13.2 Å². The molecule has 0 saturated carbocycles. The van der Waals surface area contributed by atoms with Crippen LogP contribution >= 0.6 is 0 Å². The van der Waals surface area contributed by atoms with Crippen LogP contribution in [-0.2, 0) is 9.53 Å². The third-order valence-corrected chi connectivity index (χ3v) is 5.21. The van der Waals surface area contributed by atoms with E-state index in [1.54, 1.807) is 13.1 Å². The van der Waals surface area contributed by atoms with Crippen LogP contribution in [0.3, 0.4) is 0 Å². The molecular formula is C30H31N3O3. The first-order chi connectivity index (χ1) is 17.5. The molecule has 1 aromatic heterocycles. The van der Waals surface area contributed by atoms with E-state index in [1.165, 1.54) is 0 Å². The first-order valence-electron chi connectivity index (χ1n) is 12.0. The fourth-order valence-electron chi connectivity index (χ4n) is 3.18. The summed E-state index contributed by atoms with van der Waals surface area (Å²) >= 11 is 0. The highest BCUT2D eigenvalue weighted by Gasteiger charge is 2.02. The van der Waals surface area contributed by atoms with Crippen LogP contribution in [-0.4, -0.2) is 24.2 Å². The molecule has 0 fully saturated rings. The van der Waals surface area contributed by atoms with E-state index in [0.717, 1.165) is 59.6 Å². The van der Waals surface area contributed by atoms with Crippen molar-refractivity contribution in [2.24, 2.45) is 10.2 Å². The van der Waals surface area contributed by atoms with E-state index < -0.39 is 0 Å². The Morgan fingerprint density at radius 3 is 2.33 bits per heavy atom. The predicted octanol–water partition coefficient (Wildman–Crippen LogP) is 7.26. The van der Waals surface area contributed by atoms with Crippen LogP contribution in [0.1, 0.15) is 49.4 Å². The predicted molar refractivity (Wildman–Crippen MR) is 142 cm³/mol. The Labute approximate surface area is 213 Å². The molecule has 1 heterocycles. The second kappa shape index (κ2) is 14.2. The first-order valence-corrected chi connectivity index (χ1v) is 12.0.